The minimum absolute atomic E-state index is 1.07. The predicted molar refractivity (Wildman–Crippen MR) is 78.3 cm³/mol. The molecule has 0 aromatic carbocycles. The predicted octanol–water partition coefficient (Wildman–Crippen LogP) is 6.34. The Bertz CT molecular complexity index is 153. The molecule has 0 N–H and O–H groups in total. The second-order valence-corrected chi connectivity index (χ2v) is 6.20. The molecule has 0 spiro atoms. The van der Waals surface area contributed by atoms with E-state index in [4.69, 9.17) is 0 Å². The smallest absolute Gasteiger partial charge is 0.0414 e. The Hall–Kier alpha value is 0. The van der Waals surface area contributed by atoms with Gasteiger partial charge in [-0.15, -0.1) is 0 Å². The Balaban J connectivity index is 1.87. The van der Waals surface area contributed by atoms with E-state index in [2.05, 4.69) is 13.8 Å². The molecule has 0 bridgehead atoms. The molecule has 0 aromatic heterocycles. The third-order valence-corrected chi connectivity index (χ3v) is 4.76. The van der Waals surface area contributed by atoms with E-state index < -0.39 is 0 Å². The summed E-state index contributed by atoms with van der Waals surface area (Å²) in [5, 5.41) is 0. The van der Waals surface area contributed by atoms with E-state index in [-0.39, 0.29) is 0 Å². The van der Waals surface area contributed by atoms with Gasteiger partial charge in [0.15, 0.2) is 0 Å². The Kier molecular flexibility index (Phi) is 8.83. The highest BCUT2D eigenvalue weighted by atomic mass is 14.2. The molecule has 0 aromatic rings. The van der Waals surface area contributed by atoms with Gasteiger partial charge in [-0.2, -0.15) is 0 Å². The molecule has 1 fully saturated rings. The zero-order chi connectivity index (χ0) is 12.3. The van der Waals surface area contributed by atoms with Crippen molar-refractivity contribution in [2.24, 2.45) is 11.8 Å². The maximum atomic E-state index is 2.36. The first-order valence-electron chi connectivity index (χ1n) is 8.36. The second-order valence-electron chi connectivity index (χ2n) is 6.20. The van der Waals surface area contributed by atoms with Crippen molar-refractivity contribution in [3.63, 3.8) is 0 Å². The van der Waals surface area contributed by atoms with Crippen LogP contribution >= 0.6 is 0 Å². The fraction of sp³-hybridized carbons (Fsp3) is 1.00. The van der Waals surface area contributed by atoms with E-state index in [0.29, 0.717) is 0 Å². The molecule has 0 heterocycles. The summed E-state index contributed by atoms with van der Waals surface area (Å²) in [4.78, 5) is 0. The molecule has 0 nitrogen and oxygen atoms in total. The number of hydrogen-bond acceptors (Lipinski definition) is 0. The molecule has 102 valence electrons. The van der Waals surface area contributed by atoms with Crippen LogP contribution in [0.1, 0.15) is 97.3 Å². The van der Waals surface area contributed by atoms with Crippen LogP contribution in [-0.4, -0.2) is 0 Å². The van der Waals surface area contributed by atoms with Gasteiger partial charge in [-0.3, -0.25) is 0 Å². The van der Waals surface area contributed by atoms with Crippen molar-refractivity contribution >= 4 is 0 Å². The van der Waals surface area contributed by atoms with Gasteiger partial charge in [0.05, 0.1) is 0 Å². The molecule has 0 aliphatic heterocycles. The maximum absolute atomic E-state index is 2.36. The van der Waals surface area contributed by atoms with Crippen LogP contribution in [0, 0.1) is 11.8 Å². The van der Waals surface area contributed by atoms with Gasteiger partial charge < -0.3 is 0 Å². The summed E-state index contributed by atoms with van der Waals surface area (Å²) in [6, 6.07) is 0. The lowest BCUT2D eigenvalue weighted by Crippen LogP contribution is -2.13. The number of unbranched alkanes of at least 4 members (excludes halogenated alkanes) is 6. The summed E-state index contributed by atoms with van der Waals surface area (Å²) >= 11 is 0. The van der Waals surface area contributed by atoms with Crippen LogP contribution in [0.15, 0.2) is 0 Å². The van der Waals surface area contributed by atoms with Crippen LogP contribution < -0.4 is 0 Å². The third kappa shape index (κ3) is 7.11. The zero-order valence-corrected chi connectivity index (χ0v) is 12.3. The van der Waals surface area contributed by atoms with E-state index >= 15 is 0 Å². The van der Waals surface area contributed by atoms with E-state index in [1.807, 2.05) is 0 Å². The summed E-state index contributed by atoms with van der Waals surface area (Å²) in [6.45, 7) is 4.66. The molecule has 0 atom stereocenters. The summed E-state index contributed by atoms with van der Waals surface area (Å²) in [6.07, 6.45) is 19.3. The largest absolute Gasteiger partial charge is 0.0654 e. The van der Waals surface area contributed by atoms with Crippen molar-refractivity contribution in [1.82, 2.24) is 0 Å². The lowest BCUT2D eigenvalue weighted by Gasteiger charge is -2.27. The van der Waals surface area contributed by atoms with Gasteiger partial charge in [0.2, 0.25) is 0 Å². The van der Waals surface area contributed by atoms with Crippen molar-refractivity contribution in [3.05, 3.63) is 0 Å². The highest BCUT2D eigenvalue weighted by Gasteiger charge is 2.19. The molecule has 1 saturated carbocycles. The Labute approximate surface area is 110 Å². The molecular weight excluding hydrogens is 204 g/mol. The molecule has 0 saturated heterocycles. The van der Waals surface area contributed by atoms with E-state index in [0.717, 1.165) is 11.8 Å². The molecule has 0 radical (unpaired) electrons. The summed E-state index contributed by atoms with van der Waals surface area (Å²) < 4.78 is 0. The van der Waals surface area contributed by atoms with Crippen LogP contribution in [0.2, 0.25) is 0 Å². The summed E-state index contributed by atoms with van der Waals surface area (Å²) in [7, 11) is 0. The van der Waals surface area contributed by atoms with Gasteiger partial charge >= 0.3 is 0 Å². The van der Waals surface area contributed by atoms with E-state index in [9.17, 15) is 0 Å². The molecule has 1 aliphatic rings. The van der Waals surface area contributed by atoms with Gasteiger partial charge in [0.25, 0.3) is 0 Å². The Morgan fingerprint density at radius 3 is 1.76 bits per heavy atom. The quantitative estimate of drug-likeness (QED) is 0.411. The SMILES string of the molecule is CCCCCCCCCC1CCC(CC)CC1. The summed E-state index contributed by atoms with van der Waals surface area (Å²) in [5.74, 6) is 2.16. The number of hydrogen-bond donors (Lipinski definition) is 0. The molecular formula is C17H34. The van der Waals surface area contributed by atoms with Crippen LogP contribution in [0.4, 0.5) is 0 Å². The fourth-order valence-corrected chi connectivity index (χ4v) is 3.32. The van der Waals surface area contributed by atoms with Gasteiger partial charge in [0.1, 0.15) is 0 Å². The second kappa shape index (κ2) is 9.97. The lowest BCUT2D eigenvalue weighted by atomic mass is 9.79. The first-order chi connectivity index (χ1) is 8.36. The molecule has 0 unspecified atom stereocenters. The fourth-order valence-electron chi connectivity index (χ4n) is 3.32. The van der Waals surface area contributed by atoms with Gasteiger partial charge in [-0.1, -0.05) is 97.3 Å². The highest BCUT2D eigenvalue weighted by molar-refractivity contribution is 4.71. The molecule has 1 aliphatic carbocycles. The zero-order valence-electron chi connectivity index (χ0n) is 12.3. The van der Waals surface area contributed by atoms with Crippen LogP contribution in [0.3, 0.4) is 0 Å². The molecule has 1 rings (SSSR count). The first-order valence-corrected chi connectivity index (χ1v) is 8.36. The van der Waals surface area contributed by atoms with Crippen molar-refractivity contribution in [2.75, 3.05) is 0 Å². The highest BCUT2D eigenvalue weighted by Crippen LogP contribution is 2.33. The maximum Gasteiger partial charge on any atom is -0.0414 e. The monoisotopic (exact) mass is 238 g/mol. The average Bonchev–Trinajstić information content (AvgIpc) is 2.38. The molecule has 0 heteroatoms. The van der Waals surface area contributed by atoms with E-state index in [1.165, 1.54) is 83.5 Å². The Morgan fingerprint density at radius 2 is 1.18 bits per heavy atom. The van der Waals surface area contributed by atoms with Gasteiger partial charge in [0, 0.05) is 0 Å². The first kappa shape index (κ1) is 15.1. The lowest BCUT2D eigenvalue weighted by molar-refractivity contribution is 0.253. The van der Waals surface area contributed by atoms with Gasteiger partial charge in [-0.05, 0) is 11.8 Å². The topological polar surface area (TPSA) is 0 Å². The average molecular weight is 238 g/mol. The molecule has 0 amide bonds. The van der Waals surface area contributed by atoms with Crippen molar-refractivity contribution in [1.29, 1.82) is 0 Å². The molecule has 17 heavy (non-hydrogen) atoms. The van der Waals surface area contributed by atoms with Crippen molar-refractivity contribution in [2.45, 2.75) is 97.3 Å². The normalized spacial score (nSPS) is 25.1. The van der Waals surface area contributed by atoms with Crippen LogP contribution in [0.5, 0.6) is 0 Å². The minimum Gasteiger partial charge on any atom is -0.0654 e. The summed E-state index contributed by atoms with van der Waals surface area (Å²) in [5.41, 5.74) is 0. The van der Waals surface area contributed by atoms with Crippen molar-refractivity contribution in [3.8, 4) is 0 Å². The van der Waals surface area contributed by atoms with Gasteiger partial charge in [-0.25, -0.2) is 0 Å². The van der Waals surface area contributed by atoms with Crippen molar-refractivity contribution < 1.29 is 0 Å². The van der Waals surface area contributed by atoms with Crippen LogP contribution in [0.25, 0.3) is 0 Å². The Morgan fingerprint density at radius 1 is 0.647 bits per heavy atom. The minimum atomic E-state index is 1.07. The standard InChI is InChI=1S/C17H34/c1-3-5-6-7-8-9-10-11-17-14-12-16(4-2)13-15-17/h16-17H,3-15H2,1-2H3. The number of rotatable bonds is 9. The van der Waals surface area contributed by atoms with E-state index in [1.54, 1.807) is 0 Å². The van der Waals surface area contributed by atoms with Crippen LogP contribution in [-0.2, 0) is 0 Å². The third-order valence-electron chi connectivity index (χ3n) is 4.76.